The highest BCUT2D eigenvalue weighted by Crippen LogP contribution is 2.28. The van der Waals surface area contributed by atoms with Crippen LogP contribution in [0.2, 0.25) is 0 Å². The van der Waals surface area contributed by atoms with Crippen LogP contribution < -0.4 is 10.6 Å². The van der Waals surface area contributed by atoms with Crippen LogP contribution >= 0.6 is 11.8 Å². The summed E-state index contributed by atoms with van der Waals surface area (Å²) in [5.41, 5.74) is 0.994. The van der Waals surface area contributed by atoms with E-state index in [9.17, 15) is 4.79 Å². The van der Waals surface area contributed by atoms with Crippen molar-refractivity contribution in [2.45, 2.75) is 31.2 Å². The Kier molecular flexibility index (Phi) is 3.93. The number of hydrogen-bond donors (Lipinski definition) is 2. The SMILES string of the molecule is CNC(=O)Cn1cc(N[C@@H]2CS[C@H](C)C2)cn1. The Hall–Kier alpha value is -1.17. The van der Waals surface area contributed by atoms with E-state index in [4.69, 9.17) is 0 Å². The van der Waals surface area contributed by atoms with Crippen LogP contribution in [0.1, 0.15) is 13.3 Å². The summed E-state index contributed by atoms with van der Waals surface area (Å²) in [6.45, 7) is 2.52. The Morgan fingerprint density at radius 1 is 1.71 bits per heavy atom. The lowest BCUT2D eigenvalue weighted by molar-refractivity contribution is -0.121. The van der Waals surface area contributed by atoms with E-state index in [1.165, 1.54) is 6.42 Å². The average Bonchev–Trinajstić information content (AvgIpc) is 2.89. The molecule has 1 aromatic rings. The molecule has 0 unspecified atom stereocenters. The van der Waals surface area contributed by atoms with Crippen LogP contribution in [0.5, 0.6) is 0 Å². The second-order valence-electron chi connectivity index (χ2n) is 4.32. The summed E-state index contributed by atoms with van der Waals surface area (Å²) >= 11 is 1.99. The van der Waals surface area contributed by atoms with Gasteiger partial charge in [0.2, 0.25) is 5.91 Å². The molecule has 2 heterocycles. The van der Waals surface area contributed by atoms with Crippen molar-refractivity contribution in [2.75, 3.05) is 18.1 Å². The second kappa shape index (κ2) is 5.44. The van der Waals surface area contributed by atoms with Gasteiger partial charge in [0.1, 0.15) is 6.54 Å². The number of hydrogen-bond acceptors (Lipinski definition) is 4. The highest BCUT2D eigenvalue weighted by Gasteiger charge is 2.21. The van der Waals surface area contributed by atoms with E-state index in [0.717, 1.165) is 16.7 Å². The predicted octanol–water partition coefficient (Wildman–Crippen LogP) is 0.935. The molecule has 1 aromatic heterocycles. The molecule has 1 aliphatic heterocycles. The van der Waals surface area contributed by atoms with Gasteiger partial charge in [0, 0.05) is 30.3 Å². The van der Waals surface area contributed by atoms with E-state index in [1.807, 2.05) is 18.0 Å². The minimum Gasteiger partial charge on any atom is -0.379 e. The Balaban J connectivity index is 1.87. The zero-order valence-electron chi connectivity index (χ0n) is 10.1. The van der Waals surface area contributed by atoms with E-state index < -0.39 is 0 Å². The van der Waals surface area contributed by atoms with Crippen LogP contribution in [0, 0.1) is 0 Å². The first-order chi connectivity index (χ1) is 8.17. The van der Waals surface area contributed by atoms with Gasteiger partial charge in [-0.05, 0) is 6.42 Å². The molecule has 1 fully saturated rings. The number of likely N-dealkylation sites (N-methyl/N-ethyl adjacent to an activating group) is 1. The molecule has 0 spiro atoms. The lowest BCUT2D eigenvalue weighted by atomic mass is 10.2. The van der Waals surface area contributed by atoms with E-state index in [2.05, 4.69) is 22.7 Å². The van der Waals surface area contributed by atoms with Crippen LogP contribution in [0.25, 0.3) is 0 Å². The molecule has 2 N–H and O–H groups in total. The van der Waals surface area contributed by atoms with Crippen molar-refractivity contribution < 1.29 is 4.79 Å². The number of amides is 1. The molecule has 1 saturated heterocycles. The molecule has 0 aromatic carbocycles. The maximum Gasteiger partial charge on any atom is 0.241 e. The topological polar surface area (TPSA) is 59.0 Å². The maximum atomic E-state index is 11.2. The van der Waals surface area contributed by atoms with Crippen molar-refractivity contribution in [3.05, 3.63) is 12.4 Å². The minimum absolute atomic E-state index is 0.0373. The van der Waals surface area contributed by atoms with Crippen LogP contribution in [0.4, 0.5) is 5.69 Å². The Morgan fingerprint density at radius 3 is 3.18 bits per heavy atom. The van der Waals surface area contributed by atoms with E-state index in [1.54, 1.807) is 17.9 Å². The molecule has 2 atom stereocenters. The van der Waals surface area contributed by atoms with Gasteiger partial charge in [-0.25, -0.2) is 0 Å². The molecule has 5 nitrogen and oxygen atoms in total. The largest absolute Gasteiger partial charge is 0.379 e. The van der Waals surface area contributed by atoms with Crippen molar-refractivity contribution in [1.82, 2.24) is 15.1 Å². The van der Waals surface area contributed by atoms with Gasteiger partial charge >= 0.3 is 0 Å². The normalized spacial score (nSPS) is 23.6. The molecule has 1 aliphatic rings. The van der Waals surface area contributed by atoms with Crippen molar-refractivity contribution in [2.24, 2.45) is 0 Å². The number of anilines is 1. The van der Waals surface area contributed by atoms with Crippen molar-refractivity contribution in [1.29, 1.82) is 0 Å². The number of rotatable bonds is 4. The summed E-state index contributed by atoms with van der Waals surface area (Å²) in [4.78, 5) is 11.2. The van der Waals surface area contributed by atoms with Gasteiger partial charge in [0.05, 0.1) is 11.9 Å². The van der Waals surface area contributed by atoms with Crippen LogP contribution in [0.3, 0.4) is 0 Å². The molecule has 2 rings (SSSR count). The summed E-state index contributed by atoms with van der Waals surface area (Å²) in [6, 6.07) is 0.521. The fourth-order valence-corrected chi connectivity index (χ4v) is 3.05. The number of carbonyl (C=O) groups excluding carboxylic acids is 1. The number of nitrogens with zero attached hydrogens (tertiary/aromatic N) is 2. The van der Waals surface area contributed by atoms with Crippen LogP contribution in [-0.2, 0) is 11.3 Å². The molecule has 94 valence electrons. The number of aromatic nitrogens is 2. The monoisotopic (exact) mass is 254 g/mol. The van der Waals surface area contributed by atoms with E-state index in [0.29, 0.717) is 6.04 Å². The summed E-state index contributed by atoms with van der Waals surface area (Å²) in [7, 11) is 1.63. The van der Waals surface area contributed by atoms with Gasteiger partial charge in [0.15, 0.2) is 0 Å². The summed E-state index contributed by atoms with van der Waals surface area (Å²) in [5, 5.41) is 10.9. The van der Waals surface area contributed by atoms with Gasteiger partial charge in [-0.15, -0.1) is 0 Å². The lowest BCUT2D eigenvalue weighted by Crippen LogP contribution is -2.23. The fraction of sp³-hybridized carbons (Fsp3) is 0.636. The molecule has 1 amide bonds. The minimum atomic E-state index is -0.0373. The third-order valence-corrected chi connectivity index (χ3v) is 4.14. The molecule has 0 aliphatic carbocycles. The van der Waals surface area contributed by atoms with Gasteiger partial charge < -0.3 is 10.6 Å². The first-order valence-corrected chi connectivity index (χ1v) is 6.83. The second-order valence-corrected chi connectivity index (χ2v) is 5.79. The Morgan fingerprint density at radius 2 is 2.53 bits per heavy atom. The third-order valence-electron chi connectivity index (χ3n) is 2.79. The summed E-state index contributed by atoms with van der Waals surface area (Å²) < 4.78 is 1.65. The number of carbonyl (C=O) groups is 1. The molecule has 0 radical (unpaired) electrons. The quantitative estimate of drug-likeness (QED) is 0.839. The molecular weight excluding hydrogens is 236 g/mol. The maximum absolute atomic E-state index is 11.2. The highest BCUT2D eigenvalue weighted by molar-refractivity contribution is 8.00. The zero-order chi connectivity index (χ0) is 12.3. The Bertz CT molecular complexity index is 393. The Labute approximate surface area is 105 Å². The molecule has 0 bridgehead atoms. The smallest absolute Gasteiger partial charge is 0.241 e. The zero-order valence-corrected chi connectivity index (χ0v) is 11.0. The van der Waals surface area contributed by atoms with E-state index >= 15 is 0 Å². The standard InChI is InChI=1S/C11H18N4OS/c1-8-3-9(7-17-8)14-10-4-13-15(5-10)6-11(16)12-2/h4-5,8-9,14H,3,6-7H2,1-2H3,(H,12,16)/t8-,9+/m1/s1. The lowest BCUT2D eigenvalue weighted by Gasteiger charge is -2.10. The molecule has 6 heteroatoms. The average molecular weight is 254 g/mol. The van der Waals surface area contributed by atoms with Crippen molar-refractivity contribution >= 4 is 23.4 Å². The predicted molar refractivity (Wildman–Crippen MR) is 70.2 cm³/mol. The molecule has 0 saturated carbocycles. The van der Waals surface area contributed by atoms with Crippen molar-refractivity contribution in [3.8, 4) is 0 Å². The van der Waals surface area contributed by atoms with Gasteiger partial charge in [-0.2, -0.15) is 16.9 Å². The molecular formula is C11H18N4OS. The molecule has 17 heavy (non-hydrogen) atoms. The van der Waals surface area contributed by atoms with Gasteiger partial charge in [0.25, 0.3) is 0 Å². The first-order valence-electron chi connectivity index (χ1n) is 5.78. The van der Waals surface area contributed by atoms with Crippen molar-refractivity contribution in [3.63, 3.8) is 0 Å². The van der Waals surface area contributed by atoms with Gasteiger partial charge in [-0.1, -0.05) is 6.92 Å². The third kappa shape index (κ3) is 3.39. The number of nitrogens with one attached hydrogen (secondary N) is 2. The summed E-state index contributed by atoms with van der Waals surface area (Å²) in [5.74, 6) is 1.10. The number of thioether (sulfide) groups is 1. The van der Waals surface area contributed by atoms with Crippen LogP contribution in [0.15, 0.2) is 12.4 Å². The van der Waals surface area contributed by atoms with E-state index in [-0.39, 0.29) is 12.5 Å². The summed E-state index contributed by atoms with van der Waals surface area (Å²) in [6.07, 6.45) is 4.84. The van der Waals surface area contributed by atoms with Crippen LogP contribution in [-0.4, -0.2) is 39.8 Å². The highest BCUT2D eigenvalue weighted by atomic mass is 32.2. The first kappa shape index (κ1) is 12.3. The van der Waals surface area contributed by atoms with Gasteiger partial charge in [-0.3, -0.25) is 9.48 Å². The fourth-order valence-electron chi connectivity index (χ4n) is 1.90.